The molecule has 0 spiro atoms. The Balaban J connectivity index is 2.03. The first-order valence-electron chi connectivity index (χ1n) is 7.12. The molecule has 1 amide bonds. The zero-order valence-corrected chi connectivity index (χ0v) is 12.7. The van der Waals surface area contributed by atoms with Crippen molar-refractivity contribution in [3.05, 3.63) is 30.1 Å². The number of morpholine rings is 1. The van der Waals surface area contributed by atoms with E-state index in [1.165, 1.54) is 5.56 Å². The minimum absolute atomic E-state index is 0.0298. The summed E-state index contributed by atoms with van der Waals surface area (Å²) in [6.45, 7) is 3.36. The zero-order valence-electron chi connectivity index (χ0n) is 12.7. The minimum atomic E-state index is -0.569. The molecule has 0 bridgehead atoms. The molecule has 0 aromatic carbocycles. The SMILES string of the molecule is CNC(=O)C[C@]1(COC)CN(Cc2ccncc2)CCO1. The standard InChI is InChI=1S/C15H23N3O3/c1-16-14(19)9-15(12-20-2)11-18(7-8-21-15)10-13-3-5-17-6-4-13/h3-6H,7-12H2,1-2H3,(H,16,19)/t15-/m1/s1. The number of rotatable bonds is 6. The number of nitrogens with zero attached hydrogens (tertiary/aromatic N) is 2. The molecule has 1 N–H and O–H groups in total. The van der Waals surface area contributed by atoms with Crippen molar-refractivity contribution in [3.63, 3.8) is 0 Å². The molecule has 2 heterocycles. The van der Waals surface area contributed by atoms with E-state index in [0.29, 0.717) is 26.2 Å². The highest BCUT2D eigenvalue weighted by Crippen LogP contribution is 2.24. The van der Waals surface area contributed by atoms with Crippen LogP contribution in [0.1, 0.15) is 12.0 Å². The second kappa shape index (κ2) is 7.49. The second-order valence-electron chi connectivity index (χ2n) is 5.38. The van der Waals surface area contributed by atoms with E-state index in [0.717, 1.165) is 13.1 Å². The average Bonchev–Trinajstić information content (AvgIpc) is 2.48. The third-order valence-electron chi connectivity index (χ3n) is 3.65. The van der Waals surface area contributed by atoms with Gasteiger partial charge in [-0.1, -0.05) is 0 Å². The number of ether oxygens (including phenoxy) is 2. The second-order valence-corrected chi connectivity index (χ2v) is 5.38. The van der Waals surface area contributed by atoms with E-state index in [2.05, 4.69) is 15.2 Å². The van der Waals surface area contributed by atoms with Crippen LogP contribution in [0.25, 0.3) is 0 Å². The van der Waals surface area contributed by atoms with Crippen LogP contribution in [0.5, 0.6) is 0 Å². The third-order valence-corrected chi connectivity index (χ3v) is 3.65. The van der Waals surface area contributed by atoms with Crippen molar-refractivity contribution < 1.29 is 14.3 Å². The maximum absolute atomic E-state index is 11.8. The van der Waals surface area contributed by atoms with Crippen molar-refractivity contribution in [2.45, 2.75) is 18.6 Å². The Morgan fingerprint density at radius 1 is 1.52 bits per heavy atom. The van der Waals surface area contributed by atoms with E-state index < -0.39 is 5.60 Å². The molecule has 1 aliphatic heterocycles. The van der Waals surface area contributed by atoms with E-state index in [1.807, 2.05) is 12.1 Å². The number of carbonyl (C=O) groups is 1. The molecule has 0 saturated carbocycles. The van der Waals surface area contributed by atoms with E-state index in [9.17, 15) is 4.79 Å². The lowest BCUT2D eigenvalue weighted by molar-refractivity contribution is -0.155. The van der Waals surface area contributed by atoms with Gasteiger partial charge in [0.2, 0.25) is 5.91 Å². The first-order valence-corrected chi connectivity index (χ1v) is 7.12. The number of hydrogen-bond acceptors (Lipinski definition) is 5. The predicted octanol–water partition coefficient (Wildman–Crippen LogP) is 0.435. The van der Waals surface area contributed by atoms with Gasteiger partial charge in [-0.05, 0) is 17.7 Å². The fourth-order valence-electron chi connectivity index (χ4n) is 2.69. The summed E-state index contributed by atoms with van der Waals surface area (Å²) in [4.78, 5) is 18.1. The van der Waals surface area contributed by atoms with Crippen LogP contribution in [0, 0.1) is 0 Å². The van der Waals surface area contributed by atoms with Crippen molar-refractivity contribution in [1.82, 2.24) is 15.2 Å². The molecule has 0 radical (unpaired) electrons. The highest BCUT2D eigenvalue weighted by molar-refractivity contribution is 5.76. The largest absolute Gasteiger partial charge is 0.382 e. The van der Waals surface area contributed by atoms with Crippen molar-refractivity contribution in [2.24, 2.45) is 0 Å². The number of amides is 1. The normalized spacial score (nSPS) is 23.0. The molecule has 116 valence electrons. The smallest absolute Gasteiger partial charge is 0.222 e. The zero-order chi connectivity index (χ0) is 15.1. The molecule has 6 nitrogen and oxygen atoms in total. The lowest BCUT2D eigenvalue weighted by Crippen LogP contribution is -2.55. The number of pyridine rings is 1. The highest BCUT2D eigenvalue weighted by atomic mass is 16.5. The van der Waals surface area contributed by atoms with Gasteiger partial charge in [-0.3, -0.25) is 14.7 Å². The molecular weight excluding hydrogens is 270 g/mol. The molecule has 0 aliphatic carbocycles. The van der Waals surface area contributed by atoms with Gasteiger partial charge in [0.1, 0.15) is 5.60 Å². The van der Waals surface area contributed by atoms with Crippen LogP contribution in [-0.2, 0) is 20.8 Å². The molecule has 0 unspecified atom stereocenters. The summed E-state index contributed by atoms with van der Waals surface area (Å²) in [5, 5.41) is 2.66. The lowest BCUT2D eigenvalue weighted by Gasteiger charge is -2.42. The van der Waals surface area contributed by atoms with Gasteiger partial charge >= 0.3 is 0 Å². The van der Waals surface area contributed by atoms with Crippen molar-refractivity contribution in [1.29, 1.82) is 0 Å². The monoisotopic (exact) mass is 293 g/mol. The summed E-state index contributed by atoms with van der Waals surface area (Å²) < 4.78 is 11.2. The number of methoxy groups -OCH3 is 1. The molecule has 1 aromatic heterocycles. The summed E-state index contributed by atoms with van der Waals surface area (Å²) in [6, 6.07) is 4.01. The summed E-state index contributed by atoms with van der Waals surface area (Å²) >= 11 is 0. The Hall–Kier alpha value is -1.50. The van der Waals surface area contributed by atoms with Crippen molar-refractivity contribution >= 4 is 5.91 Å². The highest BCUT2D eigenvalue weighted by Gasteiger charge is 2.38. The number of carbonyl (C=O) groups excluding carboxylic acids is 1. The van der Waals surface area contributed by atoms with Crippen LogP contribution in [0.15, 0.2) is 24.5 Å². The molecule has 1 aliphatic rings. The summed E-state index contributed by atoms with van der Waals surface area (Å²) in [5.74, 6) is -0.0298. The van der Waals surface area contributed by atoms with Crippen LogP contribution in [0.4, 0.5) is 0 Å². The number of aromatic nitrogens is 1. The Morgan fingerprint density at radius 3 is 2.95 bits per heavy atom. The van der Waals surface area contributed by atoms with E-state index >= 15 is 0 Å². The Morgan fingerprint density at radius 2 is 2.29 bits per heavy atom. The molecule has 1 fully saturated rings. The molecule has 1 aromatic rings. The quantitative estimate of drug-likeness (QED) is 0.824. The maximum Gasteiger partial charge on any atom is 0.222 e. The van der Waals surface area contributed by atoms with E-state index in [4.69, 9.17) is 9.47 Å². The van der Waals surface area contributed by atoms with Gasteiger partial charge in [-0.25, -0.2) is 0 Å². The first-order chi connectivity index (χ1) is 10.2. The van der Waals surface area contributed by atoms with Crippen LogP contribution in [-0.4, -0.2) is 61.9 Å². The van der Waals surface area contributed by atoms with Crippen LogP contribution >= 0.6 is 0 Å². The maximum atomic E-state index is 11.8. The van der Waals surface area contributed by atoms with Crippen LogP contribution in [0.3, 0.4) is 0 Å². The topological polar surface area (TPSA) is 63.7 Å². The summed E-state index contributed by atoms with van der Waals surface area (Å²) in [7, 11) is 3.27. The Bertz CT molecular complexity index is 451. The van der Waals surface area contributed by atoms with Crippen LogP contribution < -0.4 is 5.32 Å². The molecule has 1 saturated heterocycles. The van der Waals surface area contributed by atoms with Crippen molar-refractivity contribution in [3.8, 4) is 0 Å². The third kappa shape index (κ3) is 4.49. The van der Waals surface area contributed by atoms with E-state index in [1.54, 1.807) is 26.6 Å². The fraction of sp³-hybridized carbons (Fsp3) is 0.600. The molecule has 6 heteroatoms. The number of hydrogen-bond donors (Lipinski definition) is 1. The molecular formula is C15H23N3O3. The van der Waals surface area contributed by atoms with Crippen LogP contribution in [0.2, 0.25) is 0 Å². The summed E-state index contributed by atoms with van der Waals surface area (Å²) in [6.07, 6.45) is 3.90. The minimum Gasteiger partial charge on any atom is -0.382 e. The Labute approximate surface area is 125 Å². The summed E-state index contributed by atoms with van der Waals surface area (Å²) in [5.41, 5.74) is 0.637. The Kier molecular flexibility index (Phi) is 5.67. The number of nitrogens with one attached hydrogen (secondary N) is 1. The fourth-order valence-corrected chi connectivity index (χ4v) is 2.69. The van der Waals surface area contributed by atoms with Gasteiger partial charge in [0, 0.05) is 46.2 Å². The van der Waals surface area contributed by atoms with Gasteiger partial charge in [0.05, 0.1) is 19.6 Å². The van der Waals surface area contributed by atoms with Crippen molar-refractivity contribution in [2.75, 3.05) is 40.5 Å². The lowest BCUT2D eigenvalue weighted by atomic mass is 9.97. The average molecular weight is 293 g/mol. The predicted molar refractivity (Wildman–Crippen MR) is 78.8 cm³/mol. The molecule has 2 rings (SSSR count). The molecule has 1 atom stereocenters. The van der Waals surface area contributed by atoms with E-state index in [-0.39, 0.29) is 5.91 Å². The first kappa shape index (κ1) is 15.9. The van der Waals surface area contributed by atoms with Gasteiger partial charge < -0.3 is 14.8 Å². The van der Waals surface area contributed by atoms with Gasteiger partial charge in [0.15, 0.2) is 0 Å². The van der Waals surface area contributed by atoms with Gasteiger partial charge in [-0.15, -0.1) is 0 Å². The van der Waals surface area contributed by atoms with Gasteiger partial charge in [-0.2, -0.15) is 0 Å². The van der Waals surface area contributed by atoms with Gasteiger partial charge in [0.25, 0.3) is 0 Å². The molecule has 21 heavy (non-hydrogen) atoms.